The van der Waals surface area contributed by atoms with Crippen molar-refractivity contribution in [1.82, 2.24) is 14.9 Å². The van der Waals surface area contributed by atoms with Gasteiger partial charge in [-0.25, -0.2) is 13.1 Å². The van der Waals surface area contributed by atoms with Gasteiger partial charge in [0, 0.05) is 16.1 Å². The fourth-order valence-electron chi connectivity index (χ4n) is 1.59. The van der Waals surface area contributed by atoms with E-state index < -0.39 is 21.5 Å². The normalized spacial score (nSPS) is 12.2. The Hall–Kier alpha value is -1.55. The number of carbonyl (C=O) groups is 1. The monoisotopic (exact) mass is 374 g/mol. The van der Waals surface area contributed by atoms with Gasteiger partial charge in [0.05, 0.1) is 0 Å². The van der Waals surface area contributed by atoms with Crippen LogP contribution in [0.2, 0.25) is 5.02 Å². The van der Waals surface area contributed by atoms with Crippen molar-refractivity contribution in [1.29, 1.82) is 0 Å². The van der Waals surface area contributed by atoms with Crippen molar-refractivity contribution < 1.29 is 13.2 Å². The van der Waals surface area contributed by atoms with Crippen molar-refractivity contribution in [2.24, 2.45) is 0 Å². The van der Waals surface area contributed by atoms with E-state index >= 15 is 0 Å². The molecule has 1 heterocycles. The first-order valence-electron chi connectivity index (χ1n) is 6.51. The van der Waals surface area contributed by atoms with Crippen LogP contribution in [-0.2, 0) is 10.0 Å². The number of hydrogen-bond donors (Lipinski definition) is 2. The Morgan fingerprint density at radius 2 is 1.78 bits per heavy atom. The van der Waals surface area contributed by atoms with Crippen LogP contribution >= 0.6 is 22.9 Å². The Morgan fingerprint density at radius 3 is 2.35 bits per heavy atom. The molecule has 1 aromatic heterocycles. The summed E-state index contributed by atoms with van der Waals surface area (Å²) in [5, 5.41) is 10.4. The van der Waals surface area contributed by atoms with Crippen molar-refractivity contribution >= 4 is 44.0 Å². The number of sulfonamides is 1. The van der Waals surface area contributed by atoms with E-state index in [1.807, 2.05) is 0 Å². The molecular formula is C13H15ClN4O3S2. The lowest BCUT2D eigenvalue weighted by molar-refractivity contribution is 0.102. The van der Waals surface area contributed by atoms with Gasteiger partial charge in [0.15, 0.2) is 0 Å². The minimum Gasteiger partial charge on any atom is -0.296 e. The summed E-state index contributed by atoms with van der Waals surface area (Å²) < 4.78 is 26.5. The van der Waals surface area contributed by atoms with Crippen LogP contribution in [0.3, 0.4) is 0 Å². The van der Waals surface area contributed by atoms with Gasteiger partial charge < -0.3 is 0 Å². The minimum atomic E-state index is -3.78. The van der Waals surface area contributed by atoms with Gasteiger partial charge in [0.1, 0.15) is 0 Å². The largest absolute Gasteiger partial charge is 0.296 e. The van der Waals surface area contributed by atoms with E-state index in [0.717, 1.165) is 11.3 Å². The number of aromatic nitrogens is 2. The van der Waals surface area contributed by atoms with E-state index in [9.17, 15) is 13.2 Å². The van der Waals surface area contributed by atoms with Gasteiger partial charge in [-0.15, -0.1) is 10.2 Å². The van der Waals surface area contributed by atoms with E-state index in [1.165, 1.54) is 0 Å². The lowest BCUT2D eigenvalue weighted by Crippen LogP contribution is -2.40. The van der Waals surface area contributed by atoms with Gasteiger partial charge in [-0.3, -0.25) is 10.1 Å². The van der Waals surface area contributed by atoms with Crippen LogP contribution in [0, 0.1) is 0 Å². The molecule has 0 aliphatic rings. The molecule has 0 unspecified atom stereocenters. The Labute approximate surface area is 143 Å². The third-order valence-corrected chi connectivity index (χ3v) is 5.62. The van der Waals surface area contributed by atoms with Crippen LogP contribution in [0.5, 0.6) is 0 Å². The Morgan fingerprint density at radius 1 is 1.17 bits per heavy atom. The number of rotatable bonds is 4. The molecule has 0 spiro atoms. The first-order valence-corrected chi connectivity index (χ1v) is 9.19. The second-order valence-corrected chi connectivity index (χ2v) is 8.96. The first-order chi connectivity index (χ1) is 10.6. The summed E-state index contributed by atoms with van der Waals surface area (Å²) in [5.74, 6) is -0.425. The highest BCUT2D eigenvalue weighted by atomic mass is 35.5. The smallest absolute Gasteiger partial charge is 0.270 e. The van der Waals surface area contributed by atoms with Crippen LogP contribution in [0.25, 0.3) is 0 Å². The number of benzene rings is 1. The van der Waals surface area contributed by atoms with Gasteiger partial charge in [-0.1, -0.05) is 22.9 Å². The maximum Gasteiger partial charge on any atom is 0.270 e. The molecule has 124 valence electrons. The van der Waals surface area contributed by atoms with E-state index in [-0.39, 0.29) is 9.47 Å². The summed E-state index contributed by atoms with van der Waals surface area (Å²) in [6, 6.07) is 6.27. The van der Waals surface area contributed by atoms with Crippen molar-refractivity contribution in [2.45, 2.75) is 30.6 Å². The molecule has 7 nitrogen and oxygen atoms in total. The number of nitrogens with zero attached hydrogens (tertiary/aromatic N) is 2. The summed E-state index contributed by atoms with van der Waals surface area (Å²) in [4.78, 5) is 12.0. The standard InChI is InChI=1S/C13H15ClN4O3S2/c1-13(2,3)18-23(20,21)12-17-16-11(22-12)15-10(19)8-4-6-9(14)7-5-8/h4-7,18H,1-3H3,(H,15,16,19). The zero-order valence-corrected chi connectivity index (χ0v) is 15.0. The summed E-state index contributed by atoms with van der Waals surface area (Å²) in [5.41, 5.74) is -0.265. The quantitative estimate of drug-likeness (QED) is 0.801. The van der Waals surface area contributed by atoms with Crippen molar-refractivity contribution in [3.8, 4) is 0 Å². The molecule has 10 heteroatoms. The zero-order valence-electron chi connectivity index (χ0n) is 12.6. The predicted molar refractivity (Wildman–Crippen MR) is 89.4 cm³/mol. The number of amides is 1. The van der Waals surface area contributed by atoms with Crippen molar-refractivity contribution in [2.75, 3.05) is 5.32 Å². The molecule has 1 amide bonds. The zero-order chi connectivity index (χ0) is 17.3. The molecular weight excluding hydrogens is 360 g/mol. The van der Waals surface area contributed by atoms with Crippen LogP contribution in [0.4, 0.5) is 5.13 Å². The minimum absolute atomic E-state index is 0.0965. The molecule has 0 bridgehead atoms. The molecule has 0 saturated carbocycles. The second-order valence-electron chi connectivity index (χ2n) is 5.69. The van der Waals surface area contributed by atoms with Crippen LogP contribution in [0.15, 0.2) is 28.6 Å². The molecule has 2 rings (SSSR count). The van der Waals surface area contributed by atoms with Crippen molar-refractivity contribution in [3.63, 3.8) is 0 Å². The number of halogens is 1. The lowest BCUT2D eigenvalue weighted by Gasteiger charge is -2.18. The van der Waals surface area contributed by atoms with Gasteiger partial charge in [-0.05, 0) is 45.0 Å². The third-order valence-electron chi connectivity index (χ3n) is 2.40. The van der Waals surface area contributed by atoms with Crippen LogP contribution in [-0.4, -0.2) is 30.1 Å². The van der Waals surface area contributed by atoms with Crippen molar-refractivity contribution in [3.05, 3.63) is 34.9 Å². The molecule has 0 saturated heterocycles. The molecule has 2 N–H and O–H groups in total. The SMILES string of the molecule is CC(C)(C)NS(=O)(=O)c1nnc(NC(=O)c2ccc(Cl)cc2)s1. The van der Waals surface area contributed by atoms with Crippen LogP contribution < -0.4 is 10.0 Å². The van der Waals surface area contributed by atoms with Gasteiger partial charge >= 0.3 is 0 Å². The number of hydrogen-bond acceptors (Lipinski definition) is 6. The highest BCUT2D eigenvalue weighted by molar-refractivity contribution is 7.91. The average molecular weight is 375 g/mol. The number of nitrogens with one attached hydrogen (secondary N) is 2. The molecule has 1 aromatic carbocycles. The second kappa shape index (κ2) is 6.52. The molecule has 0 radical (unpaired) electrons. The fourth-order valence-corrected chi connectivity index (χ4v) is 4.03. The molecule has 0 fully saturated rings. The molecule has 0 aliphatic carbocycles. The summed E-state index contributed by atoms with van der Waals surface area (Å²) in [7, 11) is -3.78. The third kappa shape index (κ3) is 4.96. The summed E-state index contributed by atoms with van der Waals surface area (Å²) in [6.45, 7) is 5.15. The Bertz CT molecular complexity index is 810. The van der Waals surface area contributed by atoms with Gasteiger partial charge in [-0.2, -0.15) is 0 Å². The van der Waals surface area contributed by atoms with E-state index in [4.69, 9.17) is 11.6 Å². The van der Waals surface area contributed by atoms with Gasteiger partial charge in [0.2, 0.25) is 9.47 Å². The van der Waals surface area contributed by atoms with Crippen LogP contribution in [0.1, 0.15) is 31.1 Å². The van der Waals surface area contributed by atoms with E-state index in [0.29, 0.717) is 10.6 Å². The lowest BCUT2D eigenvalue weighted by atomic mass is 10.1. The number of carbonyl (C=O) groups excluding carboxylic acids is 1. The Balaban J connectivity index is 2.13. The van der Waals surface area contributed by atoms with E-state index in [1.54, 1.807) is 45.0 Å². The predicted octanol–water partition coefficient (Wildman–Crippen LogP) is 2.52. The van der Waals surface area contributed by atoms with Gasteiger partial charge in [0.25, 0.3) is 15.9 Å². The maximum absolute atomic E-state index is 12.1. The molecule has 0 aliphatic heterocycles. The maximum atomic E-state index is 12.1. The summed E-state index contributed by atoms with van der Waals surface area (Å²) >= 11 is 6.53. The summed E-state index contributed by atoms with van der Waals surface area (Å²) in [6.07, 6.45) is 0. The Kier molecular flexibility index (Phi) is 5.04. The van der Waals surface area contributed by atoms with E-state index in [2.05, 4.69) is 20.2 Å². The topological polar surface area (TPSA) is 101 Å². The highest BCUT2D eigenvalue weighted by Gasteiger charge is 2.26. The molecule has 0 atom stereocenters. The average Bonchev–Trinajstić information content (AvgIpc) is 2.86. The first kappa shape index (κ1) is 17.8. The number of anilines is 1. The highest BCUT2D eigenvalue weighted by Crippen LogP contribution is 2.22. The molecule has 23 heavy (non-hydrogen) atoms. The fraction of sp³-hybridized carbons (Fsp3) is 0.308. The molecule has 2 aromatic rings.